The van der Waals surface area contributed by atoms with Crippen LogP contribution in [0.2, 0.25) is 0 Å². The Morgan fingerprint density at radius 1 is 1.23 bits per heavy atom. The fraction of sp³-hybridized carbons (Fsp3) is 0.316. The lowest BCUT2D eigenvalue weighted by molar-refractivity contribution is 0.111. The highest BCUT2D eigenvalue weighted by molar-refractivity contribution is 5.92. The molecule has 3 aromatic rings. The molecular weight excluding hydrogens is 332 g/mol. The molecule has 0 atom stereocenters. The van der Waals surface area contributed by atoms with Gasteiger partial charge in [-0.1, -0.05) is 12.1 Å². The zero-order valence-electron chi connectivity index (χ0n) is 15.4. The zero-order valence-corrected chi connectivity index (χ0v) is 15.4. The molecule has 0 saturated carbocycles. The average molecular weight is 354 g/mol. The fourth-order valence-electron chi connectivity index (χ4n) is 2.66. The number of aldehydes is 1. The third-order valence-electron chi connectivity index (χ3n) is 3.97. The van der Waals surface area contributed by atoms with Gasteiger partial charge in [0.1, 0.15) is 6.61 Å². The molecule has 0 radical (unpaired) electrons. The number of likely N-dealkylation sites (N-methyl/N-ethyl adjacent to an activating group) is 1. The minimum absolute atomic E-state index is 0.287. The quantitative estimate of drug-likeness (QED) is 0.608. The smallest absolute Gasteiger partial charge is 0.319 e. The third-order valence-corrected chi connectivity index (χ3v) is 3.97. The Hall–Kier alpha value is -2.93. The van der Waals surface area contributed by atoms with Crippen LogP contribution in [0, 0.1) is 6.92 Å². The molecule has 2 heterocycles. The van der Waals surface area contributed by atoms with Gasteiger partial charge in [-0.3, -0.25) is 4.79 Å². The van der Waals surface area contributed by atoms with Crippen molar-refractivity contribution in [3.63, 3.8) is 0 Å². The highest BCUT2D eigenvalue weighted by Gasteiger charge is 2.13. The van der Waals surface area contributed by atoms with Crippen LogP contribution in [0.3, 0.4) is 0 Å². The Morgan fingerprint density at radius 2 is 2.04 bits per heavy atom. The van der Waals surface area contributed by atoms with Gasteiger partial charge in [0, 0.05) is 30.7 Å². The van der Waals surface area contributed by atoms with Crippen molar-refractivity contribution in [3.05, 3.63) is 41.7 Å². The molecule has 0 aliphatic heterocycles. The van der Waals surface area contributed by atoms with E-state index >= 15 is 0 Å². The summed E-state index contributed by atoms with van der Waals surface area (Å²) in [6.45, 7) is 3.12. The first-order chi connectivity index (χ1) is 12.5. The summed E-state index contributed by atoms with van der Waals surface area (Å²) < 4.78 is 13.4. The van der Waals surface area contributed by atoms with Crippen molar-refractivity contribution in [2.24, 2.45) is 7.05 Å². The molecule has 0 amide bonds. The number of hydrogen-bond donors (Lipinski definition) is 0. The van der Waals surface area contributed by atoms with Crippen LogP contribution in [0.25, 0.3) is 10.9 Å². The van der Waals surface area contributed by atoms with E-state index in [2.05, 4.69) is 9.97 Å². The molecule has 136 valence electrons. The number of para-hydroxylation sites is 1. The summed E-state index contributed by atoms with van der Waals surface area (Å²) >= 11 is 0. The maximum atomic E-state index is 11.2. The van der Waals surface area contributed by atoms with Gasteiger partial charge >= 0.3 is 6.01 Å². The van der Waals surface area contributed by atoms with E-state index in [1.54, 1.807) is 10.6 Å². The number of rotatable bonds is 7. The summed E-state index contributed by atoms with van der Waals surface area (Å²) in [6, 6.07) is 9.54. The lowest BCUT2D eigenvalue weighted by atomic mass is 10.2. The molecule has 0 unspecified atom stereocenters. The number of aromatic nitrogens is 3. The molecule has 0 saturated heterocycles. The standard InChI is InChI=1S/C19H22N4O3/c1-13-10-17(21-19(20-13)25-9-8-22(2)3)26-16-7-5-6-14-11-15(12-24)23(4)18(14)16/h5-7,10-12H,8-9H2,1-4H3. The fourth-order valence-corrected chi connectivity index (χ4v) is 2.66. The van der Waals surface area contributed by atoms with Crippen LogP contribution in [0.4, 0.5) is 0 Å². The minimum atomic E-state index is 0.287. The Balaban J connectivity index is 1.89. The Labute approximate surface area is 152 Å². The molecule has 7 heteroatoms. The number of hydrogen-bond acceptors (Lipinski definition) is 6. The summed E-state index contributed by atoms with van der Waals surface area (Å²) in [6.07, 6.45) is 0.829. The Kier molecular flexibility index (Phi) is 5.18. The predicted molar refractivity (Wildman–Crippen MR) is 99.2 cm³/mol. The number of ether oxygens (including phenoxy) is 2. The molecule has 2 aromatic heterocycles. The zero-order chi connectivity index (χ0) is 18.7. The van der Waals surface area contributed by atoms with Crippen LogP contribution in [-0.4, -0.2) is 53.0 Å². The summed E-state index contributed by atoms with van der Waals surface area (Å²) in [4.78, 5) is 21.8. The van der Waals surface area contributed by atoms with Crippen molar-refractivity contribution in [3.8, 4) is 17.6 Å². The third kappa shape index (κ3) is 3.83. The van der Waals surface area contributed by atoms with Crippen LogP contribution >= 0.6 is 0 Å². The van der Waals surface area contributed by atoms with Crippen LogP contribution in [0.1, 0.15) is 16.2 Å². The first-order valence-electron chi connectivity index (χ1n) is 8.32. The SMILES string of the molecule is Cc1cc(Oc2cccc3cc(C=O)n(C)c23)nc(OCCN(C)C)n1. The summed E-state index contributed by atoms with van der Waals surface area (Å²) in [7, 11) is 5.78. The van der Waals surface area contributed by atoms with Crippen LogP contribution in [0.5, 0.6) is 17.6 Å². The molecule has 0 aliphatic carbocycles. The molecule has 26 heavy (non-hydrogen) atoms. The molecular formula is C19H22N4O3. The van der Waals surface area contributed by atoms with E-state index in [1.165, 1.54) is 0 Å². The molecule has 7 nitrogen and oxygen atoms in total. The second-order valence-corrected chi connectivity index (χ2v) is 6.32. The second kappa shape index (κ2) is 7.53. The van der Waals surface area contributed by atoms with Gasteiger partial charge in [-0.25, -0.2) is 4.98 Å². The molecule has 3 rings (SSSR count). The first-order valence-corrected chi connectivity index (χ1v) is 8.32. The number of carbonyl (C=O) groups excluding carboxylic acids is 1. The maximum absolute atomic E-state index is 11.2. The molecule has 0 aliphatic rings. The molecule has 1 aromatic carbocycles. The number of benzene rings is 1. The molecule has 0 N–H and O–H groups in total. The topological polar surface area (TPSA) is 69.5 Å². The van der Waals surface area contributed by atoms with E-state index in [1.807, 2.05) is 57.2 Å². The van der Waals surface area contributed by atoms with E-state index < -0.39 is 0 Å². The van der Waals surface area contributed by atoms with E-state index in [-0.39, 0.29) is 6.01 Å². The summed E-state index contributed by atoms with van der Waals surface area (Å²) in [5.41, 5.74) is 2.17. The first kappa shape index (κ1) is 17.9. The monoisotopic (exact) mass is 354 g/mol. The van der Waals surface area contributed by atoms with Crippen molar-refractivity contribution in [1.82, 2.24) is 19.4 Å². The highest BCUT2D eigenvalue weighted by Crippen LogP contribution is 2.31. The number of nitrogens with zero attached hydrogens (tertiary/aromatic N) is 4. The van der Waals surface area contributed by atoms with Gasteiger partial charge in [0.25, 0.3) is 0 Å². The van der Waals surface area contributed by atoms with E-state index in [9.17, 15) is 4.79 Å². The van der Waals surface area contributed by atoms with E-state index in [4.69, 9.17) is 9.47 Å². The van der Waals surface area contributed by atoms with Crippen molar-refractivity contribution < 1.29 is 14.3 Å². The van der Waals surface area contributed by atoms with Crippen LogP contribution in [0.15, 0.2) is 30.3 Å². The van der Waals surface area contributed by atoms with Crippen molar-refractivity contribution in [2.75, 3.05) is 27.2 Å². The van der Waals surface area contributed by atoms with Gasteiger partial charge in [0.2, 0.25) is 5.88 Å². The van der Waals surface area contributed by atoms with Crippen LogP contribution < -0.4 is 9.47 Å². The lowest BCUT2D eigenvalue weighted by Gasteiger charge is -2.12. The normalized spacial score (nSPS) is 11.1. The van der Waals surface area contributed by atoms with Crippen molar-refractivity contribution in [1.29, 1.82) is 0 Å². The van der Waals surface area contributed by atoms with E-state index in [0.29, 0.717) is 23.9 Å². The van der Waals surface area contributed by atoms with Crippen molar-refractivity contribution >= 4 is 17.2 Å². The van der Waals surface area contributed by atoms with Gasteiger partial charge in [0.15, 0.2) is 12.0 Å². The molecule has 0 spiro atoms. The highest BCUT2D eigenvalue weighted by atomic mass is 16.5. The maximum Gasteiger partial charge on any atom is 0.319 e. The summed E-state index contributed by atoms with van der Waals surface area (Å²) in [5.74, 6) is 1.02. The van der Waals surface area contributed by atoms with Gasteiger partial charge < -0.3 is 18.9 Å². The minimum Gasteiger partial charge on any atom is -0.462 e. The van der Waals surface area contributed by atoms with Gasteiger partial charge in [-0.05, 0) is 33.2 Å². The largest absolute Gasteiger partial charge is 0.462 e. The Morgan fingerprint density at radius 3 is 2.77 bits per heavy atom. The van der Waals surface area contributed by atoms with Gasteiger partial charge in [-0.15, -0.1) is 0 Å². The molecule has 0 fully saturated rings. The lowest BCUT2D eigenvalue weighted by Crippen LogP contribution is -2.20. The number of fused-ring (bicyclic) bond motifs is 1. The Bertz CT molecular complexity index is 934. The molecule has 0 bridgehead atoms. The van der Waals surface area contributed by atoms with Gasteiger partial charge in [0.05, 0.1) is 11.2 Å². The van der Waals surface area contributed by atoms with Crippen LogP contribution in [-0.2, 0) is 7.05 Å². The summed E-state index contributed by atoms with van der Waals surface area (Å²) in [5, 5.41) is 0.931. The van der Waals surface area contributed by atoms with E-state index in [0.717, 1.165) is 29.4 Å². The number of carbonyl (C=O) groups is 1. The number of aryl methyl sites for hydroxylation is 2. The van der Waals surface area contributed by atoms with Gasteiger partial charge in [-0.2, -0.15) is 4.98 Å². The second-order valence-electron chi connectivity index (χ2n) is 6.32. The average Bonchev–Trinajstić information content (AvgIpc) is 2.91. The predicted octanol–water partition coefficient (Wildman–Crippen LogP) is 2.82. The van der Waals surface area contributed by atoms with Crippen molar-refractivity contribution in [2.45, 2.75) is 6.92 Å².